The summed E-state index contributed by atoms with van der Waals surface area (Å²) >= 11 is 0. The molecule has 0 aromatic heterocycles. The molecule has 0 saturated carbocycles. The van der Waals surface area contributed by atoms with Crippen molar-refractivity contribution in [1.29, 1.82) is 0 Å². The highest BCUT2D eigenvalue weighted by molar-refractivity contribution is 5.84. The third-order valence-corrected chi connectivity index (χ3v) is 3.09. The van der Waals surface area contributed by atoms with E-state index < -0.39 is 12.0 Å². The van der Waals surface area contributed by atoms with Crippen molar-refractivity contribution in [1.82, 2.24) is 5.32 Å². The first-order valence-electron chi connectivity index (χ1n) is 6.97. The van der Waals surface area contributed by atoms with Gasteiger partial charge in [-0.15, -0.1) is 0 Å². The fourth-order valence-corrected chi connectivity index (χ4v) is 2.36. The number of nitrogens with one attached hydrogen (secondary N) is 1. The van der Waals surface area contributed by atoms with Gasteiger partial charge in [0.1, 0.15) is 0 Å². The minimum Gasteiger partial charge on any atom is -0.479 e. The largest absolute Gasteiger partial charge is 0.479 e. The van der Waals surface area contributed by atoms with E-state index in [4.69, 9.17) is 0 Å². The molecule has 0 bridgehead atoms. The molecule has 4 heteroatoms. The van der Waals surface area contributed by atoms with E-state index in [-0.39, 0.29) is 11.8 Å². The molecule has 0 aliphatic carbocycles. The number of carboxylic acid groups (broad SMARTS) is 1. The van der Waals surface area contributed by atoms with Crippen LogP contribution in [-0.2, 0) is 9.59 Å². The Bertz CT molecular complexity index is 442. The molecule has 2 atom stereocenters. The van der Waals surface area contributed by atoms with E-state index in [0.29, 0.717) is 17.9 Å². The molecule has 1 aromatic rings. The van der Waals surface area contributed by atoms with Gasteiger partial charge in [-0.1, -0.05) is 51.1 Å². The molecule has 0 saturated heterocycles. The van der Waals surface area contributed by atoms with Crippen LogP contribution in [0.25, 0.3) is 0 Å². The molecule has 0 heterocycles. The highest BCUT2D eigenvalue weighted by Crippen LogP contribution is 2.17. The summed E-state index contributed by atoms with van der Waals surface area (Å²) in [5, 5.41) is 11.8. The van der Waals surface area contributed by atoms with Crippen molar-refractivity contribution in [2.75, 3.05) is 0 Å². The second-order valence-electron chi connectivity index (χ2n) is 5.69. The van der Waals surface area contributed by atoms with Crippen molar-refractivity contribution in [2.45, 2.75) is 39.7 Å². The number of carbonyl (C=O) groups excluding carboxylic acids is 1. The zero-order valence-electron chi connectivity index (χ0n) is 12.3. The van der Waals surface area contributed by atoms with Crippen LogP contribution in [-0.4, -0.2) is 17.0 Å². The molecule has 0 radical (unpaired) electrons. The number of rotatable bonds is 7. The number of amides is 1. The number of benzene rings is 1. The molecule has 110 valence electrons. The zero-order chi connectivity index (χ0) is 15.1. The molecule has 4 nitrogen and oxygen atoms in total. The average Bonchev–Trinajstić information content (AvgIpc) is 2.35. The first kappa shape index (κ1) is 16.2. The maximum absolute atomic E-state index is 11.9. The van der Waals surface area contributed by atoms with Gasteiger partial charge in [0.15, 0.2) is 6.04 Å². The van der Waals surface area contributed by atoms with Gasteiger partial charge in [-0.2, -0.15) is 0 Å². The smallest absolute Gasteiger partial charge is 0.330 e. The zero-order valence-corrected chi connectivity index (χ0v) is 12.3. The Morgan fingerprint density at radius 2 is 1.75 bits per heavy atom. The van der Waals surface area contributed by atoms with Crippen LogP contribution in [0.3, 0.4) is 0 Å². The number of aliphatic carboxylic acids is 1. The van der Waals surface area contributed by atoms with E-state index in [2.05, 4.69) is 19.2 Å². The summed E-state index contributed by atoms with van der Waals surface area (Å²) in [7, 11) is 0. The molecule has 0 aliphatic heterocycles. The molecule has 2 N–H and O–H groups in total. The lowest BCUT2D eigenvalue weighted by molar-refractivity contribution is -0.142. The van der Waals surface area contributed by atoms with E-state index in [0.717, 1.165) is 6.42 Å². The second-order valence-corrected chi connectivity index (χ2v) is 5.69. The van der Waals surface area contributed by atoms with Crippen molar-refractivity contribution in [3.8, 4) is 0 Å². The average molecular weight is 277 g/mol. The third kappa shape index (κ3) is 5.43. The molecular weight excluding hydrogens is 254 g/mol. The summed E-state index contributed by atoms with van der Waals surface area (Å²) in [4.78, 5) is 23.2. The summed E-state index contributed by atoms with van der Waals surface area (Å²) < 4.78 is 0. The van der Waals surface area contributed by atoms with Gasteiger partial charge in [0.05, 0.1) is 0 Å². The van der Waals surface area contributed by atoms with E-state index in [1.807, 2.05) is 13.0 Å². The lowest BCUT2D eigenvalue weighted by atomic mass is 9.95. The minimum atomic E-state index is -1.04. The van der Waals surface area contributed by atoms with Gasteiger partial charge in [0, 0.05) is 6.42 Å². The maximum Gasteiger partial charge on any atom is 0.330 e. The molecule has 0 aliphatic rings. The Hall–Kier alpha value is -1.84. The van der Waals surface area contributed by atoms with Crippen LogP contribution in [0.1, 0.15) is 45.2 Å². The van der Waals surface area contributed by atoms with Gasteiger partial charge in [-0.3, -0.25) is 4.79 Å². The van der Waals surface area contributed by atoms with Crippen LogP contribution >= 0.6 is 0 Å². The van der Waals surface area contributed by atoms with Crippen LogP contribution < -0.4 is 5.32 Å². The molecule has 0 fully saturated rings. The Morgan fingerprint density at radius 1 is 1.15 bits per heavy atom. The minimum absolute atomic E-state index is 0.214. The van der Waals surface area contributed by atoms with Gasteiger partial charge in [-0.05, 0) is 23.8 Å². The monoisotopic (exact) mass is 277 g/mol. The quantitative estimate of drug-likeness (QED) is 0.805. The van der Waals surface area contributed by atoms with Crippen molar-refractivity contribution in [2.24, 2.45) is 11.8 Å². The highest BCUT2D eigenvalue weighted by Gasteiger charge is 2.22. The predicted molar refractivity (Wildman–Crippen MR) is 78.2 cm³/mol. The molecule has 20 heavy (non-hydrogen) atoms. The van der Waals surface area contributed by atoms with E-state index in [1.54, 1.807) is 24.3 Å². The predicted octanol–water partition coefficient (Wildman–Crippen LogP) is 3.00. The Morgan fingerprint density at radius 3 is 2.25 bits per heavy atom. The first-order valence-corrected chi connectivity index (χ1v) is 6.97. The number of carbonyl (C=O) groups is 2. The standard InChI is InChI=1S/C16H23NO3/c1-11(2)9-12(3)10-14(18)17-15(16(19)20)13-7-5-4-6-8-13/h4-8,11-12,15H,9-10H2,1-3H3,(H,17,18)(H,19,20)/t12?,15-/m0/s1. The molecule has 1 amide bonds. The SMILES string of the molecule is CC(C)CC(C)CC(=O)N[C@H](C(=O)O)c1ccccc1. The van der Waals surface area contributed by atoms with Crippen LogP contribution in [0.5, 0.6) is 0 Å². The Labute approximate surface area is 120 Å². The lowest BCUT2D eigenvalue weighted by Crippen LogP contribution is -2.34. The van der Waals surface area contributed by atoms with Crippen molar-refractivity contribution >= 4 is 11.9 Å². The lowest BCUT2D eigenvalue weighted by Gasteiger charge is -2.17. The van der Waals surface area contributed by atoms with Crippen molar-refractivity contribution in [3.05, 3.63) is 35.9 Å². The van der Waals surface area contributed by atoms with Crippen LogP contribution in [0.4, 0.5) is 0 Å². The fraction of sp³-hybridized carbons (Fsp3) is 0.500. The van der Waals surface area contributed by atoms with Crippen LogP contribution in [0, 0.1) is 11.8 Å². The van der Waals surface area contributed by atoms with Gasteiger partial charge in [-0.25, -0.2) is 4.79 Å². The third-order valence-electron chi connectivity index (χ3n) is 3.09. The molecule has 0 spiro atoms. The van der Waals surface area contributed by atoms with Crippen LogP contribution in [0.15, 0.2) is 30.3 Å². The Balaban J connectivity index is 2.63. The molecule has 1 rings (SSSR count). The topological polar surface area (TPSA) is 66.4 Å². The highest BCUT2D eigenvalue weighted by atomic mass is 16.4. The van der Waals surface area contributed by atoms with Crippen molar-refractivity contribution < 1.29 is 14.7 Å². The summed E-state index contributed by atoms with van der Waals surface area (Å²) in [6.45, 7) is 6.23. The fourth-order valence-electron chi connectivity index (χ4n) is 2.36. The number of hydrogen-bond donors (Lipinski definition) is 2. The summed E-state index contributed by atoms with van der Waals surface area (Å²) in [5.74, 6) is -0.474. The Kier molecular flexibility index (Phi) is 6.22. The van der Waals surface area contributed by atoms with E-state index >= 15 is 0 Å². The van der Waals surface area contributed by atoms with Gasteiger partial charge >= 0.3 is 5.97 Å². The van der Waals surface area contributed by atoms with Gasteiger partial charge in [0.2, 0.25) is 5.91 Å². The number of carboxylic acids is 1. The number of hydrogen-bond acceptors (Lipinski definition) is 2. The van der Waals surface area contributed by atoms with Crippen LogP contribution in [0.2, 0.25) is 0 Å². The molecule has 1 unspecified atom stereocenters. The van der Waals surface area contributed by atoms with Gasteiger partial charge in [0.25, 0.3) is 0 Å². The van der Waals surface area contributed by atoms with E-state index in [1.165, 1.54) is 0 Å². The molecule has 1 aromatic carbocycles. The second kappa shape index (κ2) is 7.68. The summed E-state index contributed by atoms with van der Waals surface area (Å²) in [6.07, 6.45) is 1.31. The first-order chi connectivity index (χ1) is 9.40. The summed E-state index contributed by atoms with van der Waals surface area (Å²) in [5.41, 5.74) is 0.588. The maximum atomic E-state index is 11.9. The van der Waals surface area contributed by atoms with Crippen molar-refractivity contribution in [3.63, 3.8) is 0 Å². The summed E-state index contributed by atoms with van der Waals surface area (Å²) in [6, 6.07) is 7.77. The molecular formula is C16H23NO3. The van der Waals surface area contributed by atoms with E-state index in [9.17, 15) is 14.7 Å². The van der Waals surface area contributed by atoms with Gasteiger partial charge < -0.3 is 10.4 Å². The normalized spacial score (nSPS) is 13.8.